The van der Waals surface area contributed by atoms with Crippen molar-refractivity contribution in [3.63, 3.8) is 0 Å². The molecule has 0 spiro atoms. The highest BCUT2D eigenvalue weighted by Crippen LogP contribution is 2.27. The number of anilines is 2. The number of aryl methyl sites for hydroxylation is 1. The number of nitrogens with one attached hydrogen (secondary N) is 2. The Hall–Kier alpha value is -2.69. The van der Waals surface area contributed by atoms with Crippen molar-refractivity contribution in [1.82, 2.24) is 5.32 Å². The molecule has 0 aliphatic rings. The van der Waals surface area contributed by atoms with Gasteiger partial charge in [0, 0.05) is 17.4 Å². The van der Waals surface area contributed by atoms with E-state index in [9.17, 15) is 4.79 Å². The number of carbonyl (C=O) groups excluding carboxylic acids is 1. The van der Waals surface area contributed by atoms with Crippen molar-refractivity contribution in [2.75, 3.05) is 11.1 Å². The third-order valence-electron chi connectivity index (χ3n) is 2.96. The molecule has 0 fully saturated rings. The quantitative estimate of drug-likeness (QED) is 0.749. The molecule has 0 atom stereocenters. The van der Waals surface area contributed by atoms with Crippen LogP contribution in [0.3, 0.4) is 0 Å². The second-order valence-corrected chi connectivity index (χ2v) is 5.40. The highest BCUT2D eigenvalue weighted by molar-refractivity contribution is 5.89. The molecule has 0 saturated carbocycles. The van der Waals surface area contributed by atoms with Crippen molar-refractivity contribution in [2.24, 2.45) is 0 Å². The fourth-order valence-corrected chi connectivity index (χ4v) is 1.95. The van der Waals surface area contributed by atoms with E-state index in [0.717, 1.165) is 11.3 Å². The molecule has 0 aliphatic heterocycles. The minimum absolute atomic E-state index is 0.0936. The van der Waals surface area contributed by atoms with E-state index in [1.54, 1.807) is 30.3 Å². The van der Waals surface area contributed by atoms with Crippen LogP contribution in [0.15, 0.2) is 42.5 Å². The zero-order valence-electron chi connectivity index (χ0n) is 13.0. The normalized spacial score (nSPS) is 10.4. The average molecular weight is 299 g/mol. The van der Waals surface area contributed by atoms with E-state index in [2.05, 4.69) is 10.6 Å². The van der Waals surface area contributed by atoms with Gasteiger partial charge >= 0.3 is 6.03 Å². The molecule has 4 N–H and O–H groups in total. The first-order valence-electron chi connectivity index (χ1n) is 7.15. The smallest absolute Gasteiger partial charge is 0.319 e. The van der Waals surface area contributed by atoms with Gasteiger partial charge in [0.25, 0.3) is 0 Å². The Kier molecular flexibility index (Phi) is 4.88. The third kappa shape index (κ3) is 4.41. The lowest BCUT2D eigenvalue weighted by atomic mass is 10.2. The average Bonchev–Trinajstić information content (AvgIpc) is 2.43. The second kappa shape index (κ2) is 6.85. The predicted octanol–water partition coefficient (Wildman–Crippen LogP) is 3.90. The molecule has 2 aromatic carbocycles. The molecule has 0 aliphatic carbocycles. The monoisotopic (exact) mass is 299 g/mol. The Labute approximate surface area is 130 Å². The van der Waals surface area contributed by atoms with Crippen molar-refractivity contribution in [3.8, 4) is 11.5 Å². The molecule has 0 aromatic heterocycles. The summed E-state index contributed by atoms with van der Waals surface area (Å²) in [6.07, 6.45) is 0. The van der Waals surface area contributed by atoms with Crippen LogP contribution in [0.1, 0.15) is 19.4 Å². The largest absolute Gasteiger partial charge is 0.457 e. The van der Waals surface area contributed by atoms with Gasteiger partial charge in [-0.2, -0.15) is 0 Å². The van der Waals surface area contributed by atoms with E-state index >= 15 is 0 Å². The molecule has 2 aromatic rings. The van der Waals surface area contributed by atoms with Gasteiger partial charge in [-0.15, -0.1) is 0 Å². The molecule has 22 heavy (non-hydrogen) atoms. The van der Waals surface area contributed by atoms with Crippen molar-refractivity contribution in [2.45, 2.75) is 26.8 Å². The van der Waals surface area contributed by atoms with Crippen LogP contribution >= 0.6 is 0 Å². The molecule has 2 amide bonds. The second-order valence-electron chi connectivity index (χ2n) is 5.40. The van der Waals surface area contributed by atoms with E-state index in [0.29, 0.717) is 17.1 Å². The van der Waals surface area contributed by atoms with Gasteiger partial charge in [0.1, 0.15) is 11.5 Å². The number of hydrogen-bond donors (Lipinski definition) is 3. The Morgan fingerprint density at radius 1 is 1.14 bits per heavy atom. The zero-order valence-corrected chi connectivity index (χ0v) is 13.0. The van der Waals surface area contributed by atoms with Crippen LogP contribution in [0, 0.1) is 6.92 Å². The number of urea groups is 1. The van der Waals surface area contributed by atoms with Gasteiger partial charge in [-0.05, 0) is 68.8 Å². The molecule has 0 heterocycles. The highest BCUT2D eigenvalue weighted by atomic mass is 16.5. The molecular weight excluding hydrogens is 278 g/mol. The lowest BCUT2D eigenvalue weighted by Crippen LogP contribution is -2.34. The summed E-state index contributed by atoms with van der Waals surface area (Å²) < 4.78 is 5.80. The summed E-state index contributed by atoms with van der Waals surface area (Å²) in [7, 11) is 0. The molecular formula is C17H21N3O2. The standard InChI is InChI=1S/C17H21N3O2/c1-11(2)19-17(21)20-14-5-7-15(8-6-14)22-16-9-4-13(18)10-12(16)3/h4-11H,18H2,1-3H3,(H2,19,20,21). The summed E-state index contributed by atoms with van der Waals surface area (Å²) in [6, 6.07) is 12.6. The number of amides is 2. The summed E-state index contributed by atoms with van der Waals surface area (Å²) in [6.45, 7) is 5.76. The number of rotatable bonds is 4. The zero-order chi connectivity index (χ0) is 16.1. The molecule has 5 nitrogen and oxygen atoms in total. The fraction of sp³-hybridized carbons (Fsp3) is 0.235. The number of carbonyl (C=O) groups is 1. The fourth-order valence-electron chi connectivity index (χ4n) is 1.95. The Morgan fingerprint density at radius 3 is 2.41 bits per heavy atom. The van der Waals surface area contributed by atoms with Crippen molar-refractivity contribution >= 4 is 17.4 Å². The molecule has 116 valence electrons. The van der Waals surface area contributed by atoms with Crippen molar-refractivity contribution < 1.29 is 9.53 Å². The number of nitrogens with two attached hydrogens (primary N) is 1. The van der Waals surface area contributed by atoms with E-state index in [-0.39, 0.29) is 12.1 Å². The first kappa shape index (κ1) is 15.7. The molecule has 0 saturated heterocycles. The van der Waals surface area contributed by atoms with E-state index < -0.39 is 0 Å². The first-order chi connectivity index (χ1) is 10.4. The van der Waals surface area contributed by atoms with Gasteiger partial charge in [0.15, 0.2) is 0 Å². The molecule has 0 bridgehead atoms. The van der Waals surface area contributed by atoms with Gasteiger partial charge in [0.2, 0.25) is 0 Å². The van der Waals surface area contributed by atoms with Crippen LogP contribution in [0.5, 0.6) is 11.5 Å². The van der Waals surface area contributed by atoms with Crippen LogP contribution in [-0.4, -0.2) is 12.1 Å². The first-order valence-corrected chi connectivity index (χ1v) is 7.15. The van der Waals surface area contributed by atoms with E-state index in [4.69, 9.17) is 10.5 Å². The lowest BCUT2D eigenvalue weighted by Gasteiger charge is -2.12. The Morgan fingerprint density at radius 2 is 1.82 bits per heavy atom. The van der Waals surface area contributed by atoms with Crippen LogP contribution < -0.4 is 21.1 Å². The van der Waals surface area contributed by atoms with Crippen molar-refractivity contribution in [1.29, 1.82) is 0 Å². The summed E-state index contributed by atoms with van der Waals surface area (Å²) >= 11 is 0. The number of benzene rings is 2. The summed E-state index contributed by atoms with van der Waals surface area (Å²) in [4.78, 5) is 11.6. The number of nitrogen functional groups attached to an aromatic ring is 1. The number of ether oxygens (including phenoxy) is 1. The summed E-state index contributed by atoms with van der Waals surface area (Å²) in [5.41, 5.74) is 8.11. The van der Waals surface area contributed by atoms with E-state index in [1.165, 1.54) is 0 Å². The van der Waals surface area contributed by atoms with Crippen LogP contribution in [0.2, 0.25) is 0 Å². The maximum atomic E-state index is 11.6. The topological polar surface area (TPSA) is 76.4 Å². The molecule has 2 rings (SSSR count). The molecule has 5 heteroatoms. The van der Waals surface area contributed by atoms with Crippen LogP contribution in [0.25, 0.3) is 0 Å². The summed E-state index contributed by atoms with van der Waals surface area (Å²) in [5, 5.41) is 5.53. The van der Waals surface area contributed by atoms with Crippen LogP contribution in [-0.2, 0) is 0 Å². The van der Waals surface area contributed by atoms with Crippen molar-refractivity contribution in [3.05, 3.63) is 48.0 Å². The third-order valence-corrected chi connectivity index (χ3v) is 2.96. The predicted molar refractivity (Wildman–Crippen MR) is 89.4 cm³/mol. The minimum Gasteiger partial charge on any atom is -0.457 e. The number of hydrogen-bond acceptors (Lipinski definition) is 3. The van der Waals surface area contributed by atoms with Gasteiger partial charge in [-0.1, -0.05) is 0 Å². The summed E-state index contributed by atoms with van der Waals surface area (Å²) in [5.74, 6) is 1.45. The van der Waals surface area contributed by atoms with Gasteiger partial charge < -0.3 is 21.1 Å². The maximum Gasteiger partial charge on any atom is 0.319 e. The SMILES string of the molecule is Cc1cc(N)ccc1Oc1ccc(NC(=O)NC(C)C)cc1. The minimum atomic E-state index is -0.224. The van der Waals surface area contributed by atoms with E-state index in [1.807, 2.05) is 32.9 Å². The molecule has 0 radical (unpaired) electrons. The maximum absolute atomic E-state index is 11.6. The Balaban J connectivity index is 2.01. The van der Waals surface area contributed by atoms with Gasteiger partial charge in [0.05, 0.1) is 0 Å². The lowest BCUT2D eigenvalue weighted by molar-refractivity contribution is 0.250. The van der Waals surface area contributed by atoms with Crippen LogP contribution in [0.4, 0.5) is 16.2 Å². The highest BCUT2D eigenvalue weighted by Gasteiger charge is 2.05. The molecule has 0 unspecified atom stereocenters. The Bertz CT molecular complexity index is 651. The van der Waals surface area contributed by atoms with Gasteiger partial charge in [-0.3, -0.25) is 0 Å². The van der Waals surface area contributed by atoms with Gasteiger partial charge in [-0.25, -0.2) is 4.79 Å².